The Hall–Kier alpha value is -2.65. The van der Waals surface area contributed by atoms with Crippen LogP contribution in [-0.2, 0) is 9.59 Å². The number of piperidine rings is 2. The average molecular weight is 428 g/mol. The molecule has 0 aromatic heterocycles. The molecule has 31 heavy (non-hydrogen) atoms. The van der Waals surface area contributed by atoms with Crippen molar-refractivity contribution in [1.29, 1.82) is 0 Å². The molecule has 4 aliphatic rings. The molecule has 9 nitrogen and oxygen atoms in total. The lowest BCUT2D eigenvalue weighted by Gasteiger charge is -2.38. The van der Waals surface area contributed by atoms with E-state index in [1.165, 1.54) is 9.80 Å². The van der Waals surface area contributed by atoms with E-state index < -0.39 is 17.8 Å². The molecule has 0 bridgehead atoms. The summed E-state index contributed by atoms with van der Waals surface area (Å²) in [7, 11) is 0. The molecule has 166 valence electrons. The second kappa shape index (κ2) is 8.47. The van der Waals surface area contributed by atoms with Crippen molar-refractivity contribution in [3.63, 3.8) is 0 Å². The van der Waals surface area contributed by atoms with Gasteiger partial charge in [-0.2, -0.15) is 0 Å². The summed E-state index contributed by atoms with van der Waals surface area (Å²) < 4.78 is 11.9. The van der Waals surface area contributed by atoms with Gasteiger partial charge in [-0.05, 0) is 57.5 Å². The summed E-state index contributed by atoms with van der Waals surface area (Å²) in [5.74, 6) is 0.136. The number of likely N-dealkylation sites (tertiary alicyclic amines) is 1. The van der Waals surface area contributed by atoms with E-state index in [0.717, 1.165) is 37.6 Å². The highest BCUT2D eigenvalue weighted by Gasteiger charge is 2.50. The molecule has 0 spiro atoms. The summed E-state index contributed by atoms with van der Waals surface area (Å²) in [4.78, 5) is 43.1. The van der Waals surface area contributed by atoms with Crippen molar-refractivity contribution in [1.82, 2.24) is 20.0 Å². The van der Waals surface area contributed by atoms with Crippen molar-refractivity contribution < 1.29 is 23.9 Å². The van der Waals surface area contributed by atoms with E-state index in [1.54, 1.807) is 0 Å². The highest BCUT2D eigenvalue weighted by atomic mass is 16.6. The van der Waals surface area contributed by atoms with E-state index in [-0.39, 0.29) is 18.2 Å². The first-order chi connectivity index (χ1) is 15.1. The summed E-state index contributed by atoms with van der Waals surface area (Å²) in [5, 5.41) is 3.23. The van der Waals surface area contributed by atoms with E-state index >= 15 is 0 Å². The molecule has 3 fully saturated rings. The van der Waals surface area contributed by atoms with Crippen LogP contribution in [0.25, 0.3) is 0 Å². The molecule has 1 aromatic carbocycles. The van der Waals surface area contributed by atoms with Crippen molar-refractivity contribution in [2.75, 3.05) is 39.3 Å². The van der Waals surface area contributed by atoms with E-state index in [1.807, 2.05) is 24.3 Å². The molecule has 9 heteroatoms. The maximum absolute atomic E-state index is 13.1. The van der Waals surface area contributed by atoms with Crippen LogP contribution in [0.5, 0.6) is 11.5 Å². The second-order valence-corrected chi connectivity index (χ2v) is 8.67. The number of hydrogen-bond acceptors (Lipinski definition) is 7. The zero-order valence-corrected chi connectivity index (χ0v) is 17.5. The Balaban J connectivity index is 1.23. The highest BCUT2D eigenvalue weighted by molar-refractivity contribution is 6.44. The smallest absolute Gasteiger partial charge is 0.334 e. The third kappa shape index (κ3) is 3.87. The van der Waals surface area contributed by atoms with Gasteiger partial charge in [-0.1, -0.05) is 12.1 Å². The van der Waals surface area contributed by atoms with E-state index in [9.17, 15) is 14.4 Å². The third-order valence-electron chi connectivity index (χ3n) is 6.58. The van der Waals surface area contributed by atoms with Crippen LogP contribution in [0.2, 0.25) is 0 Å². The zero-order chi connectivity index (χ0) is 21.4. The Morgan fingerprint density at radius 1 is 0.935 bits per heavy atom. The van der Waals surface area contributed by atoms with Crippen LogP contribution < -0.4 is 14.8 Å². The van der Waals surface area contributed by atoms with Gasteiger partial charge >= 0.3 is 17.8 Å². The number of amides is 4. The molecule has 2 atom stereocenters. The van der Waals surface area contributed by atoms with Crippen LogP contribution in [0.4, 0.5) is 4.79 Å². The van der Waals surface area contributed by atoms with Crippen molar-refractivity contribution in [3.8, 4) is 11.5 Å². The Kier molecular flexibility index (Phi) is 5.54. The number of imide groups is 2. The molecule has 4 aliphatic heterocycles. The van der Waals surface area contributed by atoms with Crippen LogP contribution in [0.15, 0.2) is 24.3 Å². The summed E-state index contributed by atoms with van der Waals surface area (Å²) >= 11 is 0. The van der Waals surface area contributed by atoms with Gasteiger partial charge in [0.25, 0.3) is 0 Å². The van der Waals surface area contributed by atoms with E-state index in [2.05, 4.69) is 10.2 Å². The summed E-state index contributed by atoms with van der Waals surface area (Å²) in [6.07, 6.45) is 2.83. The number of para-hydroxylation sites is 2. The SMILES string of the molecule is O=C1C(=O)N(C2CCCN(CC3COc4ccccc4O3)C2)C(=O)N1C1CCNCC1. The monoisotopic (exact) mass is 428 g/mol. The maximum Gasteiger partial charge on any atom is 0.334 e. The standard InChI is InChI=1S/C22H28N4O5/c27-20-21(28)26(22(29)25(20)15-7-9-23-10-8-15)16-4-3-11-24(12-16)13-17-14-30-18-5-1-2-6-19(18)31-17/h1-2,5-6,15-17,23H,3-4,7-14H2. The number of hydrogen-bond donors (Lipinski definition) is 1. The molecule has 4 heterocycles. The van der Waals surface area contributed by atoms with Crippen molar-refractivity contribution in [2.24, 2.45) is 0 Å². The number of benzene rings is 1. The minimum absolute atomic E-state index is 0.119. The molecule has 0 radical (unpaired) electrons. The first-order valence-electron chi connectivity index (χ1n) is 11.1. The maximum atomic E-state index is 13.1. The minimum atomic E-state index is -0.679. The number of urea groups is 1. The molecule has 1 N–H and O–H groups in total. The van der Waals surface area contributed by atoms with E-state index in [0.29, 0.717) is 39.0 Å². The number of ether oxygens (including phenoxy) is 2. The summed E-state index contributed by atoms with van der Waals surface area (Å²) in [6.45, 7) is 4.01. The Labute approximate surface area is 181 Å². The molecule has 4 amide bonds. The van der Waals surface area contributed by atoms with Gasteiger partial charge in [0, 0.05) is 19.1 Å². The van der Waals surface area contributed by atoms with Crippen LogP contribution in [0, 0.1) is 0 Å². The largest absolute Gasteiger partial charge is 0.486 e. The van der Waals surface area contributed by atoms with Gasteiger partial charge in [-0.15, -0.1) is 0 Å². The van der Waals surface area contributed by atoms with Crippen molar-refractivity contribution in [3.05, 3.63) is 24.3 Å². The van der Waals surface area contributed by atoms with Gasteiger partial charge in [0.1, 0.15) is 12.7 Å². The molecule has 3 saturated heterocycles. The van der Waals surface area contributed by atoms with Crippen LogP contribution in [-0.4, -0.2) is 90.1 Å². The lowest BCUT2D eigenvalue weighted by Crippen LogP contribution is -2.53. The Bertz CT molecular complexity index is 871. The number of carbonyl (C=O) groups excluding carboxylic acids is 3. The number of nitrogens with one attached hydrogen (secondary N) is 1. The molecule has 1 aromatic rings. The normalized spacial score (nSPS) is 27.8. The summed E-state index contributed by atoms with van der Waals surface area (Å²) in [5.41, 5.74) is 0. The van der Waals surface area contributed by atoms with Crippen LogP contribution in [0.1, 0.15) is 25.7 Å². The topological polar surface area (TPSA) is 91.4 Å². The van der Waals surface area contributed by atoms with Gasteiger partial charge in [0.05, 0.1) is 6.04 Å². The van der Waals surface area contributed by atoms with Crippen LogP contribution in [0.3, 0.4) is 0 Å². The van der Waals surface area contributed by atoms with Crippen molar-refractivity contribution >= 4 is 17.8 Å². The minimum Gasteiger partial charge on any atom is -0.486 e. The van der Waals surface area contributed by atoms with Gasteiger partial charge in [0.15, 0.2) is 11.5 Å². The fraction of sp³-hybridized carbons (Fsp3) is 0.591. The molecule has 2 unspecified atom stereocenters. The third-order valence-corrected chi connectivity index (χ3v) is 6.58. The number of carbonyl (C=O) groups is 3. The van der Waals surface area contributed by atoms with Gasteiger partial charge in [-0.25, -0.2) is 4.79 Å². The lowest BCUT2D eigenvalue weighted by atomic mass is 10.0. The fourth-order valence-electron chi connectivity index (χ4n) is 5.05. The van der Waals surface area contributed by atoms with Crippen LogP contribution >= 0.6 is 0 Å². The van der Waals surface area contributed by atoms with Gasteiger partial charge in [0.2, 0.25) is 0 Å². The molecular weight excluding hydrogens is 400 g/mol. The first-order valence-corrected chi connectivity index (χ1v) is 11.1. The predicted molar refractivity (Wildman–Crippen MR) is 111 cm³/mol. The first kappa shape index (κ1) is 20.3. The molecule has 0 aliphatic carbocycles. The van der Waals surface area contributed by atoms with Gasteiger partial charge < -0.3 is 14.8 Å². The van der Waals surface area contributed by atoms with Gasteiger partial charge in [-0.3, -0.25) is 24.3 Å². The Morgan fingerprint density at radius 3 is 2.42 bits per heavy atom. The lowest BCUT2D eigenvalue weighted by molar-refractivity contribution is -0.145. The van der Waals surface area contributed by atoms with E-state index in [4.69, 9.17) is 9.47 Å². The highest BCUT2D eigenvalue weighted by Crippen LogP contribution is 2.32. The number of rotatable bonds is 4. The second-order valence-electron chi connectivity index (χ2n) is 8.67. The summed E-state index contributed by atoms with van der Waals surface area (Å²) in [6, 6.07) is 6.68. The average Bonchev–Trinajstić information content (AvgIpc) is 3.02. The fourth-order valence-corrected chi connectivity index (χ4v) is 5.05. The molecule has 0 saturated carbocycles. The predicted octanol–water partition coefficient (Wildman–Crippen LogP) is 0.834. The number of fused-ring (bicyclic) bond motifs is 1. The number of nitrogens with zero attached hydrogens (tertiary/aromatic N) is 3. The quantitative estimate of drug-likeness (QED) is 0.561. The molecular formula is C22H28N4O5. The Morgan fingerprint density at radius 2 is 1.65 bits per heavy atom. The van der Waals surface area contributed by atoms with Crippen molar-refractivity contribution in [2.45, 2.75) is 43.9 Å². The zero-order valence-electron chi connectivity index (χ0n) is 17.5. The molecule has 5 rings (SSSR count).